The zero-order chi connectivity index (χ0) is 11.1. The molecular formula is C11H21N3S. The van der Waals surface area contributed by atoms with Crippen molar-refractivity contribution in [1.82, 2.24) is 15.2 Å². The molecule has 86 valence electrons. The van der Waals surface area contributed by atoms with E-state index in [-0.39, 0.29) is 0 Å². The third kappa shape index (κ3) is 4.73. The second-order valence-corrected chi connectivity index (χ2v) is 4.62. The smallest absolute Gasteiger partial charge is 0.0897 e. The topological polar surface area (TPSA) is 28.2 Å². The Labute approximate surface area is 96.5 Å². The highest BCUT2D eigenvalue weighted by Crippen LogP contribution is 2.06. The molecule has 0 saturated heterocycles. The quantitative estimate of drug-likeness (QED) is 0.721. The Balaban J connectivity index is 2.11. The van der Waals surface area contributed by atoms with E-state index in [1.54, 1.807) is 11.3 Å². The molecule has 0 aliphatic rings. The van der Waals surface area contributed by atoms with Gasteiger partial charge in [0.1, 0.15) is 0 Å². The summed E-state index contributed by atoms with van der Waals surface area (Å²) in [7, 11) is 0. The molecule has 0 radical (unpaired) electrons. The van der Waals surface area contributed by atoms with Crippen LogP contribution in [0.15, 0.2) is 5.38 Å². The van der Waals surface area contributed by atoms with Gasteiger partial charge in [-0.05, 0) is 20.0 Å². The first-order valence-corrected chi connectivity index (χ1v) is 6.48. The number of aromatic nitrogens is 1. The molecule has 0 atom stereocenters. The van der Waals surface area contributed by atoms with Crippen molar-refractivity contribution in [2.45, 2.75) is 27.3 Å². The maximum Gasteiger partial charge on any atom is 0.0897 e. The predicted octanol–water partition coefficient (Wildman–Crippen LogP) is 1.88. The summed E-state index contributed by atoms with van der Waals surface area (Å²) in [5.74, 6) is 0. The lowest BCUT2D eigenvalue weighted by Gasteiger charge is -2.17. The van der Waals surface area contributed by atoms with Crippen molar-refractivity contribution in [1.29, 1.82) is 0 Å². The van der Waals surface area contributed by atoms with E-state index in [4.69, 9.17) is 0 Å². The molecular weight excluding hydrogens is 206 g/mol. The maximum absolute atomic E-state index is 4.41. The molecule has 1 heterocycles. The van der Waals surface area contributed by atoms with E-state index in [1.165, 1.54) is 0 Å². The SMILES string of the molecule is CCN(CC)CCNCc1csc(C)n1. The van der Waals surface area contributed by atoms with Crippen LogP contribution in [0.5, 0.6) is 0 Å². The highest BCUT2D eigenvalue weighted by molar-refractivity contribution is 7.09. The molecule has 0 saturated carbocycles. The van der Waals surface area contributed by atoms with Crippen molar-refractivity contribution in [3.05, 3.63) is 16.1 Å². The van der Waals surface area contributed by atoms with Gasteiger partial charge in [-0.2, -0.15) is 0 Å². The Kier molecular flexibility index (Phi) is 5.83. The Hall–Kier alpha value is -0.450. The Bertz CT molecular complexity index is 269. The average molecular weight is 227 g/mol. The average Bonchev–Trinajstić information content (AvgIpc) is 2.65. The van der Waals surface area contributed by atoms with Crippen molar-refractivity contribution in [3.8, 4) is 0 Å². The molecule has 0 amide bonds. The third-order valence-electron chi connectivity index (χ3n) is 2.47. The van der Waals surface area contributed by atoms with Gasteiger partial charge in [0, 0.05) is 25.0 Å². The van der Waals surface area contributed by atoms with Crippen LogP contribution in [0.3, 0.4) is 0 Å². The summed E-state index contributed by atoms with van der Waals surface area (Å²) < 4.78 is 0. The van der Waals surface area contributed by atoms with Crippen molar-refractivity contribution < 1.29 is 0 Å². The van der Waals surface area contributed by atoms with Gasteiger partial charge in [0.05, 0.1) is 10.7 Å². The number of nitrogens with one attached hydrogen (secondary N) is 1. The Morgan fingerprint density at radius 1 is 1.40 bits per heavy atom. The first-order chi connectivity index (χ1) is 7.26. The summed E-state index contributed by atoms with van der Waals surface area (Å²) in [5, 5.41) is 6.69. The Morgan fingerprint density at radius 3 is 2.67 bits per heavy atom. The van der Waals surface area contributed by atoms with Gasteiger partial charge in [0.25, 0.3) is 0 Å². The van der Waals surface area contributed by atoms with Gasteiger partial charge in [-0.1, -0.05) is 13.8 Å². The largest absolute Gasteiger partial charge is 0.310 e. The standard InChI is InChI=1S/C11H21N3S/c1-4-14(5-2)7-6-12-8-11-9-15-10(3)13-11/h9,12H,4-8H2,1-3H3. The molecule has 1 aromatic heterocycles. The minimum absolute atomic E-state index is 0.894. The monoisotopic (exact) mass is 227 g/mol. The number of aryl methyl sites for hydroxylation is 1. The zero-order valence-corrected chi connectivity index (χ0v) is 10.7. The summed E-state index contributed by atoms with van der Waals surface area (Å²) in [5.41, 5.74) is 1.16. The molecule has 0 aliphatic heterocycles. The molecule has 0 bridgehead atoms. The van der Waals surface area contributed by atoms with E-state index in [2.05, 4.69) is 34.4 Å². The van der Waals surface area contributed by atoms with Gasteiger partial charge in [0.15, 0.2) is 0 Å². The van der Waals surface area contributed by atoms with Gasteiger partial charge in [-0.3, -0.25) is 0 Å². The van der Waals surface area contributed by atoms with E-state index in [0.717, 1.165) is 43.4 Å². The van der Waals surface area contributed by atoms with Gasteiger partial charge >= 0.3 is 0 Å². The van der Waals surface area contributed by atoms with Gasteiger partial charge in [-0.25, -0.2) is 4.98 Å². The molecule has 0 aromatic carbocycles. The summed E-state index contributed by atoms with van der Waals surface area (Å²) in [6.45, 7) is 11.8. The van der Waals surface area contributed by atoms with Crippen LogP contribution >= 0.6 is 11.3 Å². The van der Waals surface area contributed by atoms with Crippen LogP contribution in [0, 0.1) is 6.92 Å². The lowest BCUT2D eigenvalue weighted by molar-refractivity contribution is 0.302. The van der Waals surface area contributed by atoms with Crippen molar-refractivity contribution in [2.24, 2.45) is 0 Å². The fraction of sp³-hybridized carbons (Fsp3) is 0.727. The molecule has 0 aliphatic carbocycles. The minimum Gasteiger partial charge on any atom is -0.310 e. The highest BCUT2D eigenvalue weighted by Gasteiger charge is 1.99. The molecule has 15 heavy (non-hydrogen) atoms. The summed E-state index contributed by atoms with van der Waals surface area (Å²) >= 11 is 1.72. The van der Waals surface area contributed by atoms with Crippen LogP contribution in [0.1, 0.15) is 24.5 Å². The predicted molar refractivity (Wildman–Crippen MR) is 66.3 cm³/mol. The lowest BCUT2D eigenvalue weighted by atomic mass is 10.4. The van der Waals surface area contributed by atoms with E-state index in [0.29, 0.717) is 0 Å². The van der Waals surface area contributed by atoms with Crippen molar-refractivity contribution >= 4 is 11.3 Å². The Morgan fingerprint density at radius 2 is 2.13 bits per heavy atom. The van der Waals surface area contributed by atoms with E-state index >= 15 is 0 Å². The van der Waals surface area contributed by atoms with Crippen LogP contribution in [-0.2, 0) is 6.54 Å². The minimum atomic E-state index is 0.894. The van der Waals surface area contributed by atoms with E-state index < -0.39 is 0 Å². The summed E-state index contributed by atoms with van der Waals surface area (Å²) in [6.07, 6.45) is 0. The second kappa shape index (κ2) is 6.93. The first kappa shape index (κ1) is 12.6. The number of thiazole rings is 1. The number of rotatable bonds is 7. The molecule has 1 N–H and O–H groups in total. The molecule has 0 fully saturated rings. The van der Waals surface area contributed by atoms with Crippen molar-refractivity contribution in [3.63, 3.8) is 0 Å². The summed E-state index contributed by atoms with van der Waals surface area (Å²) in [6, 6.07) is 0. The van der Waals surface area contributed by atoms with Crippen molar-refractivity contribution in [2.75, 3.05) is 26.2 Å². The number of nitrogens with zero attached hydrogens (tertiary/aromatic N) is 2. The second-order valence-electron chi connectivity index (χ2n) is 3.56. The third-order valence-corrected chi connectivity index (χ3v) is 3.29. The van der Waals surface area contributed by atoms with E-state index in [1.807, 2.05) is 6.92 Å². The van der Waals surface area contributed by atoms with Crippen LogP contribution in [-0.4, -0.2) is 36.1 Å². The zero-order valence-electron chi connectivity index (χ0n) is 9.92. The van der Waals surface area contributed by atoms with E-state index in [9.17, 15) is 0 Å². The van der Waals surface area contributed by atoms with Crippen LogP contribution in [0.25, 0.3) is 0 Å². The van der Waals surface area contributed by atoms with Gasteiger partial charge in [-0.15, -0.1) is 11.3 Å². The molecule has 0 unspecified atom stereocenters. The molecule has 4 heteroatoms. The van der Waals surface area contributed by atoms with Crippen LogP contribution in [0.4, 0.5) is 0 Å². The summed E-state index contributed by atoms with van der Waals surface area (Å²) in [4.78, 5) is 6.83. The molecule has 0 spiro atoms. The first-order valence-electron chi connectivity index (χ1n) is 5.60. The lowest BCUT2D eigenvalue weighted by Crippen LogP contribution is -2.31. The van der Waals surface area contributed by atoms with Crippen LogP contribution in [0.2, 0.25) is 0 Å². The highest BCUT2D eigenvalue weighted by atomic mass is 32.1. The van der Waals surface area contributed by atoms with Crippen LogP contribution < -0.4 is 5.32 Å². The fourth-order valence-corrected chi connectivity index (χ4v) is 2.10. The molecule has 1 aromatic rings. The fourth-order valence-electron chi connectivity index (χ4n) is 1.48. The van der Waals surface area contributed by atoms with Gasteiger partial charge < -0.3 is 10.2 Å². The normalized spacial score (nSPS) is 11.2. The maximum atomic E-state index is 4.41. The van der Waals surface area contributed by atoms with Gasteiger partial charge in [0.2, 0.25) is 0 Å². The number of likely N-dealkylation sites (N-methyl/N-ethyl adjacent to an activating group) is 1. The molecule has 1 rings (SSSR count). The number of hydrogen-bond acceptors (Lipinski definition) is 4. The molecule has 3 nitrogen and oxygen atoms in total. The number of hydrogen-bond donors (Lipinski definition) is 1.